The van der Waals surface area contributed by atoms with Crippen LogP contribution in [-0.4, -0.2) is 25.3 Å². The zero-order valence-corrected chi connectivity index (χ0v) is 12.8. The Kier molecular flexibility index (Phi) is 6.48. The summed E-state index contributed by atoms with van der Waals surface area (Å²) < 4.78 is 71.0. The Hall–Kier alpha value is -3.17. The van der Waals surface area contributed by atoms with E-state index in [1.807, 2.05) is 5.43 Å². The summed E-state index contributed by atoms with van der Waals surface area (Å²) in [6, 6.07) is 8.15. The van der Waals surface area contributed by atoms with Gasteiger partial charge in [0.1, 0.15) is 17.3 Å². The lowest BCUT2D eigenvalue weighted by Crippen LogP contribution is -2.19. The van der Waals surface area contributed by atoms with Gasteiger partial charge in [0, 0.05) is 11.6 Å². The smallest absolute Gasteiger partial charge is 0.387 e. The lowest BCUT2D eigenvalue weighted by Gasteiger charge is -2.10. The molecule has 10 heteroatoms. The van der Waals surface area contributed by atoms with E-state index in [-0.39, 0.29) is 11.1 Å². The van der Waals surface area contributed by atoms with Crippen LogP contribution in [0.15, 0.2) is 47.6 Å². The first-order chi connectivity index (χ1) is 12.4. The predicted octanol–water partition coefficient (Wildman–Crippen LogP) is 3.79. The van der Waals surface area contributed by atoms with E-state index in [1.165, 1.54) is 18.2 Å². The molecule has 0 saturated heterocycles. The van der Waals surface area contributed by atoms with Gasteiger partial charge in [-0.05, 0) is 24.3 Å². The highest BCUT2D eigenvalue weighted by Crippen LogP contribution is 2.26. The molecule has 2 aromatic rings. The number of carbonyl (C=O) groups excluding carboxylic acids is 1. The molecule has 0 atom stereocenters. The first-order valence-corrected chi connectivity index (χ1v) is 6.98. The SMILES string of the molecule is O=C(N/N=C\c1ccc(OC(F)F)cc1OC(F)F)c1ccccc1F. The maximum absolute atomic E-state index is 13.5. The summed E-state index contributed by atoms with van der Waals surface area (Å²) in [5.74, 6) is -2.53. The summed E-state index contributed by atoms with van der Waals surface area (Å²) >= 11 is 0. The van der Waals surface area contributed by atoms with Crippen LogP contribution in [0.25, 0.3) is 0 Å². The zero-order chi connectivity index (χ0) is 19.1. The van der Waals surface area contributed by atoms with Crippen LogP contribution in [0.3, 0.4) is 0 Å². The van der Waals surface area contributed by atoms with E-state index in [9.17, 15) is 26.7 Å². The number of hydrogen-bond acceptors (Lipinski definition) is 4. The van der Waals surface area contributed by atoms with E-state index >= 15 is 0 Å². The van der Waals surface area contributed by atoms with Crippen molar-refractivity contribution in [3.63, 3.8) is 0 Å². The van der Waals surface area contributed by atoms with E-state index in [4.69, 9.17) is 0 Å². The lowest BCUT2D eigenvalue weighted by atomic mass is 10.2. The minimum atomic E-state index is -3.23. The molecule has 0 aliphatic rings. The summed E-state index contributed by atoms with van der Waals surface area (Å²) in [4.78, 5) is 11.8. The largest absolute Gasteiger partial charge is 0.435 e. The molecule has 0 heterocycles. The number of carbonyl (C=O) groups is 1. The molecule has 0 aliphatic heterocycles. The Morgan fingerprint density at radius 1 is 1.04 bits per heavy atom. The van der Waals surface area contributed by atoms with Crippen molar-refractivity contribution < 1.29 is 36.2 Å². The Morgan fingerprint density at radius 2 is 1.73 bits per heavy atom. The number of amides is 1. The quantitative estimate of drug-likeness (QED) is 0.456. The van der Waals surface area contributed by atoms with Crippen LogP contribution in [0.4, 0.5) is 22.0 Å². The number of nitrogens with one attached hydrogen (secondary N) is 1. The van der Waals surface area contributed by atoms with Crippen molar-refractivity contribution in [2.24, 2.45) is 5.10 Å². The van der Waals surface area contributed by atoms with Crippen molar-refractivity contribution in [1.29, 1.82) is 0 Å². The maximum atomic E-state index is 13.5. The molecule has 0 bridgehead atoms. The van der Waals surface area contributed by atoms with Gasteiger partial charge in [-0.2, -0.15) is 22.7 Å². The lowest BCUT2D eigenvalue weighted by molar-refractivity contribution is -0.0543. The summed E-state index contributed by atoms with van der Waals surface area (Å²) in [7, 11) is 0. The Bertz CT molecular complexity index is 799. The molecule has 0 fully saturated rings. The summed E-state index contributed by atoms with van der Waals surface area (Å²) in [6.45, 7) is -6.37. The van der Waals surface area contributed by atoms with Gasteiger partial charge >= 0.3 is 13.2 Å². The van der Waals surface area contributed by atoms with Gasteiger partial charge in [-0.25, -0.2) is 9.82 Å². The number of hydrogen-bond donors (Lipinski definition) is 1. The van der Waals surface area contributed by atoms with Gasteiger partial charge in [-0.1, -0.05) is 12.1 Å². The second kappa shape index (κ2) is 8.79. The van der Waals surface area contributed by atoms with Crippen molar-refractivity contribution in [3.8, 4) is 11.5 Å². The van der Waals surface area contributed by atoms with Crippen LogP contribution in [0.2, 0.25) is 0 Å². The van der Waals surface area contributed by atoms with Gasteiger partial charge in [0.2, 0.25) is 0 Å². The topological polar surface area (TPSA) is 59.9 Å². The summed E-state index contributed by atoms with van der Waals surface area (Å²) in [5, 5.41) is 3.51. The molecule has 0 spiro atoms. The van der Waals surface area contributed by atoms with Gasteiger partial charge in [0.25, 0.3) is 5.91 Å². The highest BCUT2D eigenvalue weighted by Gasteiger charge is 2.13. The molecular weight excluding hydrogens is 363 g/mol. The first-order valence-electron chi connectivity index (χ1n) is 6.98. The van der Waals surface area contributed by atoms with Gasteiger partial charge in [0.15, 0.2) is 0 Å². The number of alkyl halides is 4. The van der Waals surface area contributed by atoms with Crippen molar-refractivity contribution in [3.05, 3.63) is 59.4 Å². The second-order valence-electron chi connectivity index (χ2n) is 4.64. The highest BCUT2D eigenvalue weighted by atomic mass is 19.3. The summed E-state index contributed by atoms with van der Waals surface area (Å²) in [6.07, 6.45) is 0.933. The first kappa shape index (κ1) is 19.2. The third kappa shape index (κ3) is 5.43. The van der Waals surface area contributed by atoms with E-state index in [1.54, 1.807) is 0 Å². The molecule has 138 valence electrons. The minimum Gasteiger partial charge on any atom is -0.435 e. The standard InChI is InChI=1S/C16H11F5N2O3/c17-12-4-2-1-3-11(12)14(24)23-22-8-9-5-6-10(25-15(18)19)7-13(9)26-16(20)21/h1-8,15-16H,(H,23,24)/b22-8-. The monoisotopic (exact) mass is 374 g/mol. The van der Waals surface area contributed by atoms with Gasteiger partial charge in [-0.15, -0.1) is 0 Å². The molecule has 2 aromatic carbocycles. The van der Waals surface area contributed by atoms with Crippen LogP contribution in [0, 0.1) is 5.82 Å². The molecule has 0 radical (unpaired) electrons. The van der Waals surface area contributed by atoms with Crippen LogP contribution in [0.1, 0.15) is 15.9 Å². The van der Waals surface area contributed by atoms with E-state index in [2.05, 4.69) is 14.6 Å². The normalized spacial score (nSPS) is 11.2. The third-order valence-electron chi connectivity index (χ3n) is 2.91. The molecule has 5 nitrogen and oxygen atoms in total. The molecule has 1 N–H and O–H groups in total. The molecule has 0 aromatic heterocycles. The zero-order valence-electron chi connectivity index (χ0n) is 12.8. The molecular formula is C16H11F5N2O3. The molecule has 1 amide bonds. The molecule has 0 unspecified atom stereocenters. The Morgan fingerprint density at radius 3 is 2.38 bits per heavy atom. The van der Waals surface area contributed by atoms with Crippen LogP contribution in [0.5, 0.6) is 11.5 Å². The summed E-state index contributed by atoms with van der Waals surface area (Å²) in [5.41, 5.74) is 1.69. The van der Waals surface area contributed by atoms with Crippen molar-refractivity contribution >= 4 is 12.1 Å². The van der Waals surface area contributed by atoms with Gasteiger partial charge in [0.05, 0.1) is 11.8 Å². The highest BCUT2D eigenvalue weighted by molar-refractivity contribution is 5.95. The predicted molar refractivity (Wildman–Crippen MR) is 81.2 cm³/mol. The van der Waals surface area contributed by atoms with Gasteiger partial charge < -0.3 is 9.47 Å². The van der Waals surface area contributed by atoms with Crippen molar-refractivity contribution in [2.45, 2.75) is 13.2 Å². The fraction of sp³-hybridized carbons (Fsp3) is 0.125. The van der Waals surface area contributed by atoms with Crippen LogP contribution < -0.4 is 14.9 Å². The molecule has 2 rings (SSSR count). The number of benzene rings is 2. The molecule has 26 heavy (non-hydrogen) atoms. The van der Waals surface area contributed by atoms with E-state index in [0.29, 0.717) is 0 Å². The Labute approximate surface area is 144 Å². The number of ether oxygens (including phenoxy) is 2. The number of nitrogens with zero attached hydrogens (tertiary/aromatic N) is 1. The number of hydrazone groups is 1. The fourth-order valence-corrected chi connectivity index (χ4v) is 1.86. The average Bonchev–Trinajstić information content (AvgIpc) is 2.56. The van der Waals surface area contributed by atoms with Crippen molar-refractivity contribution in [1.82, 2.24) is 5.43 Å². The number of rotatable bonds is 7. The van der Waals surface area contributed by atoms with Crippen molar-refractivity contribution in [2.75, 3.05) is 0 Å². The fourth-order valence-electron chi connectivity index (χ4n) is 1.86. The average molecular weight is 374 g/mol. The van der Waals surface area contributed by atoms with E-state index in [0.717, 1.165) is 30.5 Å². The van der Waals surface area contributed by atoms with E-state index < -0.39 is 36.4 Å². The van der Waals surface area contributed by atoms with Gasteiger partial charge in [-0.3, -0.25) is 4.79 Å². The number of halogens is 5. The van der Waals surface area contributed by atoms with Crippen LogP contribution in [-0.2, 0) is 0 Å². The Balaban J connectivity index is 2.15. The minimum absolute atomic E-state index is 0.0549. The third-order valence-corrected chi connectivity index (χ3v) is 2.91. The molecule has 0 aliphatic carbocycles. The second-order valence-corrected chi connectivity index (χ2v) is 4.64. The molecule has 0 saturated carbocycles. The van der Waals surface area contributed by atoms with Crippen LogP contribution >= 0.6 is 0 Å². The maximum Gasteiger partial charge on any atom is 0.387 e.